The van der Waals surface area contributed by atoms with Crippen LogP contribution in [0.5, 0.6) is 0 Å². The smallest absolute Gasteiger partial charge is 0.397 e. The number of aromatic nitrogens is 1. The fourth-order valence-corrected chi connectivity index (χ4v) is 0.845. The van der Waals surface area contributed by atoms with Crippen LogP contribution in [0.1, 0.15) is 11.7 Å². The fourth-order valence-electron chi connectivity index (χ4n) is 0.845. The molecular formula is C7H8F3N3. The number of halogens is 3. The Labute approximate surface area is 72.6 Å². The fraction of sp³-hybridized carbons (Fsp3) is 0.286. The normalized spacial score (nSPS) is 14.2. The molecule has 0 bridgehead atoms. The SMILES string of the molecule is Nc1cccnc1[C@H](N)C(F)(F)F. The summed E-state index contributed by atoms with van der Waals surface area (Å²) in [5.74, 6) is 0. The lowest BCUT2D eigenvalue weighted by Gasteiger charge is -2.15. The van der Waals surface area contributed by atoms with Crippen LogP contribution in [0.4, 0.5) is 18.9 Å². The van der Waals surface area contributed by atoms with E-state index in [0.29, 0.717) is 0 Å². The first-order chi connectivity index (χ1) is 5.93. The molecule has 0 unspecified atom stereocenters. The van der Waals surface area contributed by atoms with E-state index in [4.69, 9.17) is 11.5 Å². The molecule has 0 radical (unpaired) electrons. The largest absolute Gasteiger partial charge is 0.409 e. The van der Waals surface area contributed by atoms with Gasteiger partial charge < -0.3 is 11.5 Å². The summed E-state index contributed by atoms with van der Waals surface area (Å²) in [6.07, 6.45) is -3.29. The second kappa shape index (κ2) is 3.21. The maximum absolute atomic E-state index is 12.1. The van der Waals surface area contributed by atoms with Gasteiger partial charge in [-0.15, -0.1) is 0 Å². The van der Waals surface area contributed by atoms with Gasteiger partial charge in [0.1, 0.15) is 6.04 Å². The van der Waals surface area contributed by atoms with Crippen molar-refractivity contribution in [2.45, 2.75) is 12.2 Å². The van der Waals surface area contributed by atoms with Crippen molar-refractivity contribution in [2.75, 3.05) is 5.73 Å². The van der Waals surface area contributed by atoms with Crippen molar-refractivity contribution < 1.29 is 13.2 Å². The Kier molecular flexibility index (Phi) is 2.42. The summed E-state index contributed by atoms with van der Waals surface area (Å²) in [7, 11) is 0. The number of rotatable bonds is 1. The first kappa shape index (κ1) is 9.79. The Morgan fingerprint density at radius 3 is 2.46 bits per heavy atom. The van der Waals surface area contributed by atoms with Gasteiger partial charge in [0.2, 0.25) is 0 Å². The maximum atomic E-state index is 12.1. The Bertz CT molecular complexity index is 297. The zero-order valence-corrected chi connectivity index (χ0v) is 6.55. The summed E-state index contributed by atoms with van der Waals surface area (Å²) < 4.78 is 36.3. The van der Waals surface area contributed by atoms with Crippen LogP contribution in [0.15, 0.2) is 18.3 Å². The van der Waals surface area contributed by atoms with Gasteiger partial charge in [0.25, 0.3) is 0 Å². The van der Waals surface area contributed by atoms with E-state index >= 15 is 0 Å². The lowest BCUT2D eigenvalue weighted by Crippen LogP contribution is -2.30. The van der Waals surface area contributed by atoms with Crippen molar-refractivity contribution in [3.05, 3.63) is 24.0 Å². The summed E-state index contributed by atoms with van der Waals surface area (Å²) in [4.78, 5) is 3.47. The molecule has 0 amide bonds. The summed E-state index contributed by atoms with van der Waals surface area (Å²) in [5.41, 5.74) is 9.79. The number of nitrogens with two attached hydrogens (primary N) is 2. The van der Waals surface area contributed by atoms with Gasteiger partial charge in [-0.3, -0.25) is 4.98 Å². The topological polar surface area (TPSA) is 64.9 Å². The molecule has 1 heterocycles. The number of anilines is 1. The maximum Gasteiger partial charge on any atom is 0.409 e. The molecule has 0 aromatic carbocycles. The van der Waals surface area contributed by atoms with Gasteiger partial charge in [-0.2, -0.15) is 13.2 Å². The molecule has 1 rings (SSSR count). The van der Waals surface area contributed by atoms with E-state index < -0.39 is 12.2 Å². The predicted octanol–water partition coefficient (Wildman–Crippen LogP) is 1.23. The number of alkyl halides is 3. The molecule has 1 atom stereocenters. The highest BCUT2D eigenvalue weighted by Gasteiger charge is 2.39. The Morgan fingerprint density at radius 1 is 1.38 bits per heavy atom. The van der Waals surface area contributed by atoms with Crippen molar-refractivity contribution in [2.24, 2.45) is 5.73 Å². The van der Waals surface area contributed by atoms with Crippen molar-refractivity contribution >= 4 is 5.69 Å². The molecule has 0 fully saturated rings. The van der Waals surface area contributed by atoms with Crippen LogP contribution in [-0.4, -0.2) is 11.2 Å². The minimum atomic E-state index is -4.51. The number of hydrogen-bond donors (Lipinski definition) is 2. The Balaban J connectivity index is 3.02. The lowest BCUT2D eigenvalue weighted by atomic mass is 10.1. The second-order valence-corrected chi connectivity index (χ2v) is 2.50. The van der Waals surface area contributed by atoms with Gasteiger partial charge in [-0.25, -0.2) is 0 Å². The van der Waals surface area contributed by atoms with Crippen molar-refractivity contribution in [1.29, 1.82) is 0 Å². The van der Waals surface area contributed by atoms with E-state index in [1.165, 1.54) is 18.3 Å². The predicted molar refractivity (Wildman–Crippen MR) is 41.6 cm³/mol. The molecule has 0 aliphatic heterocycles. The molecule has 6 heteroatoms. The van der Waals surface area contributed by atoms with Crippen LogP contribution in [0, 0.1) is 0 Å². The first-order valence-electron chi connectivity index (χ1n) is 3.45. The van der Waals surface area contributed by atoms with Gasteiger partial charge in [-0.05, 0) is 12.1 Å². The van der Waals surface area contributed by atoms with Crippen molar-refractivity contribution in [1.82, 2.24) is 4.98 Å². The molecule has 0 spiro atoms. The molecule has 0 saturated heterocycles. The number of nitrogens with zero attached hydrogens (tertiary/aromatic N) is 1. The molecule has 0 aliphatic rings. The Hall–Kier alpha value is -1.30. The van der Waals surface area contributed by atoms with Crippen LogP contribution < -0.4 is 11.5 Å². The third-order valence-corrected chi connectivity index (χ3v) is 1.52. The molecular weight excluding hydrogens is 183 g/mol. The van der Waals surface area contributed by atoms with Crippen molar-refractivity contribution in [3.8, 4) is 0 Å². The van der Waals surface area contributed by atoms with Crippen molar-refractivity contribution in [3.63, 3.8) is 0 Å². The minimum Gasteiger partial charge on any atom is -0.397 e. The lowest BCUT2D eigenvalue weighted by molar-refractivity contribution is -0.149. The van der Waals surface area contributed by atoms with Crippen LogP contribution in [0.25, 0.3) is 0 Å². The van der Waals surface area contributed by atoms with Crippen LogP contribution in [0.2, 0.25) is 0 Å². The van der Waals surface area contributed by atoms with Gasteiger partial charge in [0.15, 0.2) is 0 Å². The van der Waals surface area contributed by atoms with Gasteiger partial charge in [-0.1, -0.05) is 0 Å². The third-order valence-electron chi connectivity index (χ3n) is 1.52. The number of hydrogen-bond acceptors (Lipinski definition) is 3. The highest BCUT2D eigenvalue weighted by atomic mass is 19.4. The van der Waals surface area contributed by atoms with E-state index in [9.17, 15) is 13.2 Å². The summed E-state index contributed by atoms with van der Waals surface area (Å²) in [6, 6.07) is 0.657. The van der Waals surface area contributed by atoms with E-state index in [0.717, 1.165) is 0 Å². The highest BCUT2D eigenvalue weighted by Crippen LogP contribution is 2.31. The van der Waals surface area contributed by atoms with Crippen LogP contribution >= 0.6 is 0 Å². The summed E-state index contributed by atoms with van der Waals surface area (Å²) >= 11 is 0. The minimum absolute atomic E-state index is 0.0488. The van der Waals surface area contributed by atoms with Gasteiger partial charge >= 0.3 is 6.18 Å². The number of pyridine rings is 1. The van der Waals surface area contributed by atoms with Gasteiger partial charge in [0.05, 0.1) is 11.4 Å². The zero-order chi connectivity index (χ0) is 10.1. The highest BCUT2D eigenvalue weighted by molar-refractivity contribution is 5.43. The number of nitrogen functional groups attached to an aromatic ring is 1. The average Bonchev–Trinajstić information content (AvgIpc) is 2.02. The summed E-state index contributed by atoms with van der Waals surface area (Å²) in [6.45, 7) is 0. The third kappa shape index (κ3) is 2.09. The average molecular weight is 191 g/mol. The van der Waals surface area contributed by atoms with Crippen LogP contribution in [-0.2, 0) is 0 Å². The standard InChI is InChI=1S/C7H8F3N3/c8-7(9,10)6(12)5-4(11)2-1-3-13-5/h1-3,6H,11-12H2/t6-/m0/s1. The molecule has 0 aliphatic carbocycles. The molecule has 3 nitrogen and oxygen atoms in total. The molecule has 0 saturated carbocycles. The van der Waals surface area contributed by atoms with E-state index in [2.05, 4.69) is 4.98 Å². The molecule has 13 heavy (non-hydrogen) atoms. The van der Waals surface area contributed by atoms with E-state index in [1.807, 2.05) is 0 Å². The monoisotopic (exact) mass is 191 g/mol. The molecule has 72 valence electrons. The molecule has 4 N–H and O–H groups in total. The molecule has 1 aromatic heterocycles. The molecule has 1 aromatic rings. The van der Waals surface area contributed by atoms with E-state index in [1.54, 1.807) is 0 Å². The summed E-state index contributed by atoms with van der Waals surface area (Å²) in [5, 5.41) is 0. The van der Waals surface area contributed by atoms with Crippen LogP contribution in [0.3, 0.4) is 0 Å². The quantitative estimate of drug-likeness (QED) is 0.701. The zero-order valence-electron chi connectivity index (χ0n) is 6.55. The first-order valence-corrected chi connectivity index (χ1v) is 3.45. The second-order valence-electron chi connectivity index (χ2n) is 2.50. The van der Waals surface area contributed by atoms with E-state index in [-0.39, 0.29) is 11.4 Å². The Morgan fingerprint density at radius 2 is 2.00 bits per heavy atom. The van der Waals surface area contributed by atoms with Gasteiger partial charge in [0, 0.05) is 6.20 Å².